The number of hydrogen-bond acceptors (Lipinski definition) is 10. The standard InChI is InChI=1S/C19H14N4O6S2/c1-28-17(25)12-5-3-11(4-6-12)15-8-7-14(29-15)9-13(10-20)16(24)21-18-22-19(23-30-18)31(2,26)27/h3-9H,1-2H3,(H,21,22,23,24). The molecule has 0 saturated heterocycles. The molecule has 2 aromatic heterocycles. The van der Waals surface area contributed by atoms with Gasteiger partial charge in [0.2, 0.25) is 15.0 Å². The number of methoxy groups -OCH3 is 1. The molecule has 0 unspecified atom stereocenters. The van der Waals surface area contributed by atoms with Gasteiger partial charge in [0.15, 0.2) is 0 Å². The van der Waals surface area contributed by atoms with Gasteiger partial charge in [-0.2, -0.15) is 14.6 Å². The van der Waals surface area contributed by atoms with Crippen molar-refractivity contribution in [3.05, 3.63) is 53.3 Å². The van der Waals surface area contributed by atoms with Crippen molar-refractivity contribution in [2.75, 3.05) is 18.7 Å². The maximum atomic E-state index is 12.3. The van der Waals surface area contributed by atoms with Crippen LogP contribution in [0.5, 0.6) is 0 Å². The van der Waals surface area contributed by atoms with Crippen LogP contribution in [0.2, 0.25) is 0 Å². The van der Waals surface area contributed by atoms with Gasteiger partial charge in [-0.25, -0.2) is 13.2 Å². The van der Waals surface area contributed by atoms with Crippen LogP contribution < -0.4 is 5.32 Å². The minimum Gasteiger partial charge on any atom is -0.465 e. The van der Waals surface area contributed by atoms with Crippen molar-refractivity contribution in [3.63, 3.8) is 0 Å². The third-order valence-corrected chi connectivity index (χ3v) is 5.42. The first-order valence-electron chi connectivity index (χ1n) is 8.47. The zero-order valence-electron chi connectivity index (χ0n) is 16.1. The van der Waals surface area contributed by atoms with E-state index in [1.165, 1.54) is 13.2 Å². The lowest BCUT2D eigenvalue weighted by molar-refractivity contribution is -0.112. The Morgan fingerprint density at radius 3 is 2.52 bits per heavy atom. The lowest BCUT2D eigenvalue weighted by Gasteiger charge is -2.01. The average Bonchev–Trinajstić information content (AvgIpc) is 3.41. The van der Waals surface area contributed by atoms with Gasteiger partial charge in [0, 0.05) is 29.4 Å². The van der Waals surface area contributed by atoms with E-state index in [0.29, 0.717) is 28.4 Å². The summed E-state index contributed by atoms with van der Waals surface area (Å²) in [4.78, 5) is 27.5. The van der Waals surface area contributed by atoms with Crippen LogP contribution in [-0.4, -0.2) is 43.0 Å². The highest BCUT2D eigenvalue weighted by atomic mass is 32.2. The number of carbonyl (C=O) groups is 2. The van der Waals surface area contributed by atoms with Gasteiger partial charge < -0.3 is 9.15 Å². The zero-order chi connectivity index (χ0) is 22.6. The number of hydrogen-bond donors (Lipinski definition) is 1. The first-order valence-corrected chi connectivity index (χ1v) is 11.1. The van der Waals surface area contributed by atoms with E-state index in [2.05, 4.69) is 19.4 Å². The number of sulfone groups is 1. The number of furan rings is 1. The van der Waals surface area contributed by atoms with Crippen molar-refractivity contribution in [2.45, 2.75) is 5.16 Å². The summed E-state index contributed by atoms with van der Waals surface area (Å²) < 4.78 is 36.8. The summed E-state index contributed by atoms with van der Waals surface area (Å²) in [5.41, 5.74) is 0.785. The van der Waals surface area contributed by atoms with Gasteiger partial charge in [-0.15, -0.1) is 0 Å². The fraction of sp³-hybridized carbons (Fsp3) is 0.105. The number of benzene rings is 1. The highest BCUT2D eigenvalue weighted by Crippen LogP contribution is 2.24. The van der Waals surface area contributed by atoms with Crippen LogP contribution >= 0.6 is 11.5 Å². The van der Waals surface area contributed by atoms with Crippen molar-refractivity contribution in [1.82, 2.24) is 9.36 Å². The van der Waals surface area contributed by atoms with Gasteiger partial charge in [-0.3, -0.25) is 10.1 Å². The van der Waals surface area contributed by atoms with Crippen LogP contribution in [-0.2, 0) is 19.4 Å². The second kappa shape index (κ2) is 8.90. The second-order valence-corrected chi connectivity index (χ2v) is 8.71. The quantitative estimate of drug-likeness (QED) is 0.333. The smallest absolute Gasteiger partial charge is 0.337 e. The third-order valence-electron chi connectivity index (χ3n) is 3.83. The first-order chi connectivity index (χ1) is 14.7. The molecule has 1 aromatic carbocycles. The van der Waals surface area contributed by atoms with Crippen LogP contribution in [0.15, 0.2) is 51.5 Å². The number of rotatable bonds is 6. The van der Waals surface area contributed by atoms with Gasteiger partial charge in [0.05, 0.1) is 12.7 Å². The lowest BCUT2D eigenvalue weighted by atomic mass is 10.1. The summed E-state index contributed by atoms with van der Waals surface area (Å²) in [6.45, 7) is 0. The molecular formula is C19H14N4O6S2. The molecule has 31 heavy (non-hydrogen) atoms. The van der Waals surface area contributed by atoms with E-state index < -0.39 is 26.9 Å². The Hall–Kier alpha value is -3.82. The molecule has 0 radical (unpaired) electrons. The third kappa shape index (κ3) is 5.21. The number of nitriles is 1. The van der Waals surface area contributed by atoms with Crippen molar-refractivity contribution in [2.24, 2.45) is 0 Å². The second-order valence-electron chi connectivity index (χ2n) is 6.05. The fourth-order valence-corrected chi connectivity index (χ4v) is 3.78. The Bertz CT molecular complexity index is 1310. The SMILES string of the molecule is COC(=O)c1ccc(-c2ccc(C=C(C#N)C(=O)Nc3nc(S(C)(=O)=O)ns3)o2)cc1. The number of anilines is 1. The van der Waals surface area contributed by atoms with Gasteiger partial charge in [-0.1, -0.05) is 12.1 Å². The Balaban J connectivity index is 1.76. The summed E-state index contributed by atoms with van der Waals surface area (Å²) in [7, 11) is -2.32. The minimum absolute atomic E-state index is 0.0580. The molecular weight excluding hydrogens is 444 g/mol. The summed E-state index contributed by atoms with van der Waals surface area (Å²) in [5.74, 6) is -0.549. The van der Waals surface area contributed by atoms with Crippen molar-refractivity contribution >= 4 is 44.5 Å². The number of aromatic nitrogens is 2. The Labute approximate surface area is 180 Å². The van der Waals surface area contributed by atoms with Gasteiger partial charge >= 0.3 is 5.97 Å². The molecule has 0 spiro atoms. The van der Waals surface area contributed by atoms with Gasteiger partial charge in [-0.05, 0) is 24.3 Å². The highest BCUT2D eigenvalue weighted by molar-refractivity contribution is 7.90. The summed E-state index contributed by atoms with van der Waals surface area (Å²) >= 11 is 0.680. The van der Waals surface area contributed by atoms with Crippen molar-refractivity contribution < 1.29 is 27.2 Å². The van der Waals surface area contributed by atoms with Crippen LogP contribution in [0.3, 0.4) is 0 Å². The predicted molar refractivity (Wildman–Crippen MR) is 111 cm³/mol. The van der Waals surface area contributed by atoms with E-state index in [1.54, 1.807) is 42.5 Å². The molecule has 0 aliphatic rings. The topological polar surface area (TPSA) is 152 Å². The molecule has 1 N–H and O–H groups in total. The van der Waals surface area contributed by atoms with Crippen LogP contribution in [0.25, 0.3) is 17.4 Å². The van der Waals surface area contributed by atoms with E-state index in [0.717, 1.165) is 6.26 Å². The first kappa shape index (κ1) is 21.9. The molecule has 158 valence electrons. The maximum absolute atomic E-state index is 12.3. The van der Waals surface area contributed by atoms with Gasteiger partial charge in [0.25, 0.3) is 11.1 Å². The molecule has 3 aromatic rings. The molecule has 10 nitrogen and oxygen atoms in total. The largest absolute Gasteiger partial charge is 0.465 e. The minimum atomic E-state index is -3.61. The van der Waals surface area contributed by atoms with E-state index in [9.17, 15) is 23.3 Å². The number of nitrogens with zero attached hydrogens (tertiary/aromatic N) is 3. The van der Waals surface area contributed by atoms with Crippen molar-refractivity contribution in [1.29, 1.82) is 5.26 Å². The summed E-state index contributed by atoms with van der Waals surface area (Å²) in [6.07, 6.45) is 2.18. The average molecular weight is 458 g/mol. The molecule has 0 fully saturated rings. The normalized spacial score (nSPS) is 11.6. The van der Waals surface area contributed by atoms with Crippen LogP contribution in [0, 0.1) is 11.3 Å². The Morgan fingerprint density at radius 2 is 1.94 bits per heavy atom. The molecule has 3 rings (SSSR count). The molecule has 0 saturated carbocycles. The predicted octanol–water partition coefficient (Wildman–Crippen LogP) is 2.53. The molecule has 0 bridgehead atoms. The molecule has 1 amide bonds. The molecule has 2 heterocycles. The molecule has 12 heteroatoms. The fourth-order valence-electron chi connectivity index (χ4n) is 2.34. The molecule has 0 atom stereocenters. The molecule has 0 aliphatic heterocycles. The number of nitrogens with one attached hydrogen (secondary N) is 1. The maximum Gasteiger partial charge on any atom is 0.337 e. The van der Waals surface area contributed by atoms with Crippen LogP contribution in [0.4, 0.5) is 5.13 Å². The van der Waals surface area contributed by atoms with E-state index in [1.807, 2.05) is 0 Å². The van der Waals surface area contributed by atoms with E-state index >= 15 is 0 Å². The number of ether oxygens (including phenoxy) is 1. The summed E-state index contributed by atoms with van der Waals surface area (Å²) in [6, 6.07) is 11.5. The number of carbonyl (C=O) groups excluding carboxylic acids is 2. The van der Waals surface area contributed by atoms with E-state index in [-0.39, 0.29) is 16.5 Å². The van der Waals surface area contributed by atoms with E-state index in [4.69, 9.17) is 4.42 Å². The summed E-state index contributed by atoms with van der Waals surface area (Å²) in [5, 5.41) is 11.2. The van der Waals surface area contributed by atoms with Crippen LogP contribution in [0.1, 0.15) is 16.1 Å². The monoisotopic (exact) mass is 458 g/mol. The Morgan fingerprint density at radius 1 is 1.23 bits per heavy atom. The zero-order valence-corrected chi connectivity index (χ0v) is 17.8. The lowest BCUT2D eigenvalue weighted by Crippen LogP contribution is -2.13. The molecule has 0 aliphatic carbocycles. The van der Waals surface area contributed by atoms with Crippen molar-refractivity contribution in [3.8, 4) is 17.4 Å². The highest BCUT2D eigenvalue weighted by Gasteiger charge is 2.18. The van der Waals surface area contributed by atoms with Gasteiger partial charge in [0.1, 0.15) is 23.2 Å². The Kier molecular flexibility index (Phi) is 6.28. The number of esters is 1. The number of amides is 1.